The molecule has 2 aromatic rings. The maximum atomic E-state index is 12.5. The lowest BCUT2D eigenvalue weighted by molar-refractivity contribution is 0.600. The van der Waals surface area contributed by atoms with Gasteiger partial charge in [-0.2, -0.15) is 0 Å². The van der Waals surface area contributed by atoms with Crippen LogP contribution in [0.3, 0.4) is 0 Å². The van der Waals surface area contributed by atoms with Gasteiger partial charge in [0.1, 0.15) is 0 Å². The molecule has 1 N–H and O–H groups in total. The van der Waals surface area contributed by atoms with Gasteiger partial charge in [-0.3, -0.25) is 4.72 Å². The standard InChI is InChI=1S/C12H15N3O2S3/c1-7-5-8(2)10(9(3)6-7)20(16,17)15-11-13-14-12(18-4)19-11/h5-6H,1-4H3,(H,13,15). The molecular formula is C12H15N3O2S3. The van der Waals surface area contributed by atoms with Crippen LogP contribution in [0.1, 0.15) is 16.7 Å². The topological polar surface area (TPSA) is 72.0 Å². The Morgan fingerprint density at radius 3 is 2.25 bits per heavy atom. The third-order valence-electron chi connectivity index (χ3n) is 2.68. The minimum absolute atomic E-state index is 0.286. The fraction of sp³-hybridized carbons (Fsp3) is 0.333. The van der Waals surface area contributed by atoms with Crippen LogP contribution in [0.2, 0.25) is 0 Å². The largest absolute Gasteiger partial charge is 0.264 e. The van der Waals surface area contributed by atoms with E-state index in [0.29, 0.717) is 4.90 Å². The van der Waals surface area contributed by atoms with Gasteiger partial charge in [0.25, 0.3) is 10.0 Å². The number of thioether (sulfide) groups is 1. The molecule has 0 fully saturated rings. The maximum absolute atomic E-state index is 12.5. The third kappa shape index (κ3) is 3.13. The van der Waals surface area contributed by atoms with Crippen LogP contribution < -0.4 is 4.72 Å². The molecule has 2 rings (SSSR count). The summed E-state index contributed by atoms with van der Waals surface area (Å²) in [5, 5.41) is 7.99. The molecule has 1 heterocycles. The Morgan fingerprint density at radius 2 is 1.75 bits per heavy atom. The van der Waals surface area contributed by atoms with Crippen molar-refractivity contribution >= 4 is 38.3 Å². The second-order valence-corrected chi connectivity index (χ2v) is 8.06. The van der Waals surface area contributed by atoms with Crippen molar-refractivity contribution in [3.05, 3.63) is 28.8 Å². The van der Waals surface area contributed by atoms with E-state index < -0.39 is 10.0 Å². The maximum Gasteiger partial charge on any atom is 0.264 e. The third-order valence-corrected chi connectivity index (χ3v) is 6.26. The van der Waals surface area contributed by atoms with Crippen LogP contribution in [0, 0.1) is 20.8 Å². The van der Waals surface area contributed by atoms with Gasteiger partial charge in [-0.15, -0.1) is 10.2 Å². The number of rotatable bonds is 4. The highest BCUT2D eigenvalue weighted by Crippen LogP contribution is 2.28. The predicted octanol–water partition coefficient (Wildman–Crippen LogP) is 2.99. The molecule has 0 spiro atoms. The second-order valence-electron chi connectivity index (χ2n) is 4.41. The van der Waals surface area contributed by atoms with E-state index in [4.69, 9.17) is 0 Å². The zero-order valence-electron chi connectivity index (χ0n) is 11.6. The monoisotopic (exact) mass is 329 g/mol. The van der Waals surface area contributed by atoms with Crippen LogP contribution in [-0.2, 0) is 10.0 Å². The number of nitrogens with one attached hydrogen (secondary N) is 1. The molecule has 0 atom stereocenters. The summed E-state index contributed by atoms with van der Waals surface area (Å²) in [7, 11) is -3.64. The molecule has 0 saturated heterocycles. The van der Waals surface area contributed by atoms with Gasteiger partial charge in [0, 0.05) is 0 Å². The predicted molar refractivity (Wildman–Crippen MR) is 83.2 cm³/mol. The Balaban J connectivity index is 2.40. The second kappa shape index (κ2) is 5.71. The minimum atomic E-state index is -3.64. The lowest BCUT2D eigenvalue weighted by atomic mass is 10.1. The van der Waals surface area contributed by atoms with Crippen molar-refractivity contribution in [2.75, 3.05) is 11.0 Å². The first-order chi connectivity index (χ1) is 9.33. The summed E-state index contributed by atoms with van der Waals surface area (Å²) in [6.45, 7) is 5.53. The van der Waals surface area contributed by atoms with E-state index in [-0.39, 0.29) is 5.13 Å². The molecule has 0 amide bonds. The Labute approximate surface area is 126 Å². The molecule has 0 radical (unpaired) electrons. The minimum Gasteiger partial charge on any atom is -0.253 e. The molecule has 0 aliphatic rings. The number of nitrogens with zero attached hydrogens (tertiary/aromatic N) is 2. The van der Waals surface area contributed by atoms with E-state index in [2.05, 4.69) is 14.9 Å². The molecule has 0 aliphatic heterocycles. The normalized spacial score (nSPS) is 11.6. The molecule has 8 heteroatoms. The number of hydrogen-bond donors (Lipinski definition) is 1. The Bertz CT molecular complexity index is 715. The Kier molecular flexibility index (Phi) is 4.36. The van der Waals surface area contributed by atoms with E-state index in [1.165, 1.54) is 23.1 Å². The van der Waals surface area contributed by atoms with Crippen LogP contribution in [-0.4, -0.2) is 24.9 Å². The van der Waals surface area contributed by atoms with Gasteiger partial charge >= 0.3 is 0 Å². The van der Waals surface area contributed by atoms with E-state index in [1.54, 1.807) is 13.8 Å². The molecule has 0 aliphatic carbocycles. The summed E-state index contributed by atoms with van der Waals surface area (Å²) in [6.07, 6.45) is 1.87. The van der Waals surface area contributed by atoms with E-state index in [1.807, 2.05) is 25.3 Å². The molecule has 1 aromatic carbocycles. The highest BCUT2D eigenvalue weighted by Gasteiger charge is 2.21. The summed E-state index contributed by atoms with van der Waals surface area (Å²) in [5.41, 5.74) is 2.49. The van der Waals surface area contributed by atoms with E-state index in [0.717, 1.165) is 21.0 Å². The van der Waals surface area contributed by atoms with Gasteiger partial charge in [-0.25, -0.2) is 8.42 Å². The van der Waals surface area contributed by atoms with Gasteiger partial charge in [0.2, 0.25) is 5.13 Å². The highest BCUT2D eigenvalue weighted by molar-refractivity contribution is 8.00. The molecule has 1 aromatic heterocycles. The summed E-state index contributed by atoms with van der Waals surface area (Å²) < 4.78 is 28.2. The van der Waals surface area contributed by atoms with Crippen LogP contribution >= 0.6 is 23.1 Å². The Hall–Kier alpha value is -1.12. The van der Waals surface area contributed by atoms with E-state index in [9.17, 15) is 8.42 Å². The van der Waals surface area contributed by atoms with Crippen LogP contribution in [0.4, 0.5) is 5.13 Å². The number of benzene rings is 1. The first kappa shape index (κ1) is 15.3. The quantitative estimate of drug-likeness (QED) is 0.873. The van der Waals surface area contributed by atoms with Crippen molar-refractivity contribution in [2.45, 2.75) is 30.0 Å². The molecular weight excluding hydrogens is 314 g/mol. The van der Waals surface area contributed by atoms with Crippen LogP contribution in [0.25, 0.3) is 0 Å². The van der Waals surface area contributed by atoms with Crippen molar-refractivity contribution in [2.24, 2.45) is 0 Å². The number of anilines is 1. The molecule has 0 saturated carbocycles. The highest BCUT2D eigenvalue weighted by atomic mass is 32.2. The average molecular weight is 329 g/mol. The van der Waals surface area contributed by atoms with Gasteiger partial charge in [-0.05, 0) is 38.2 Å². The summed E-state index contributed by atoms with van der Waals surface area (Å²) in [4.78, 5) is 0.309. The van der Waals surface area contributed by atoms with E-state index >= 15 is 0 Å². The Morgan fingerprint density at radius 1 is 1.15 bits per heavy atom. The number of sulfonamides is 1. The SMILES string of the molecule is CSc1nnc(NS(=O)(=O)c2c(C)cc(C)cc2C)s1. The molecule has 108 valence electrons. The first-order valence-electron chi connectivity index (χ1n) is 5.81. The molecule has 0 bridgehead atoms. The van der Waals surface area contributed by atoms with Gasteiger partial charge < -0.3 is 0 Å². The van der Waals surface area contributed by atoms with Gasteiger partial charge in [0.05, 0.1) is 4.90 Å². The first-order valence-corrected chi connectivity index (χ1v) is 9.34. The summed E-state index contributed by atoms with van der Waals surface area (Å²) in [5.74, 6) is 0. The zero-order chi connectivity index (χ0) is 14.9. The zero-order valence-corrected chi connectivity index (χ0v) is 14.0. The fourth-order valence-corrected chi connectivity index (χ4v) is 4.95. The average Bonchev–Trinajstić information content (AvgIpc) is 2.73. The number of hydrogen-bond acceptors (Lipinski definition) is 6. The van der Waals surface area contributed by atoms with Crippen LogP contribution in [0.5, 0.6) is 0 Å². The lowest BCUT2D eigenvalue weighted by Gasteiger charge is -2.12. The molecule has 20 heavy (non-hydrogen) atoms. The lowest BCUT2D eigenvalue weighted by Crippen LogP contribution is -2.15. The fourth-order valence-electron chi connectivity index (χ4n) is 2.09. The van der Waals surface area contributed by atoms with Gasteiger partial charge in [0.15, 0.2) is 4.34 Å². The number of aromatic nitrogens is 2. The van der Waals surface area contributed by atoms with Crippen molar-refractivity contribution in [1.82, 2.24) is 10.2 Å². The van der Waals surface area contributed by atoms with Crippen molar-refractivity contribution < 1.29 is 8.42 Å². The van der Waals surface area contributed by atoms with Gasteiger partial charge in [-0.1, -0.05) is 40.8 Å². The smallest absolute Gasteiger partial charge is 0.253 e. The van der Waals surface area contributed by atoms with Crippen molar-refractivity contribution in [3.8, 4) is 0 Å². The summed E-state index contributed by atoms with van der Waals surface area (Å²) >= 11 is 2.65. The number of aryl methyl sites for hydroxylation is 3. The molecule has 0 unspecified atom stereocenters. The molecule has 5 nitrogen and oxygen atoms in total. The summed E-state index contributed by atoms with van der Waals surface area (Å²) in [6, 6.07) is 3.71. The van der Waals surface area contributed by atoms with Crippen molar-refractivity contribution in [3.63, 3.8) is 0 Å². The van der Waals surface area contributed by atoms with Crippen molar-refractivity contribution in [1.29, 1.82) is 0 Å². The van der Waals surface area contributed by atoms with Crippen LogP contribution in [0.15, 0.2) is 21.4 Å².